The Morgan fingerprint density at radius 1 is 1.19 bits per heavy atom. The maximum Gasteiger partial charge on any atom is 0.319 e. The minimum atomic E-state index is -1.45. The molecule has 0 spiro atoms. The Labute approximate surface area is 277 Å². The van der Waals surface area contributed by atoms with E-state index in [1.807, 2.05) is 6.07 Å². The number of halogens is 4. The molecule has 4 aliphatic rings. The van der Waals surface area contributed by atoms with Crippen molar-refractivity contribution in [2.75, 3.05) is 63.2 Å². The summed E-state index contributed by atoms with van der Waals surface area (Å²) in [6.07, 6.45) is 5.24. The van der Waals surface area contributed by atoms with Gasteiger partial charge in [0.25, 0.3) is 0 Å². The number of nitrogens with zero attached hydrogens (tertiary/aromatic N) is 6. The topological polar surface area (TPSA) is 125 Å². The van der Waals surface area contributed by atoms with Crippen molar-refractivity contribution in [1.29, 1.82) is 5.26 Å². The predicted molar refractivity (Wildman–Crippen MR) is 173 cm³/mol. The van der Waals surface area contributed by atoms with Crippen LogP contribution in [-0.4, -0.2) is 90.1 Å². The molecule has 4 fully saturated rings. The van der Waals surface area contributed by atoms with Gasteiger partial charge in [-0.1, -0.05) is 0 Å². The third kappa shape index (κ3) is 5.58. The number of fused-ring (bicyclic) bond motifs is 4. The molecule has 2 bridgehead atoms. The maximum atomic E-state index is 16.7. The number of ether oxygens (including phenoxy) is 2. The SMILES string of the molecule is CC1(F)COCCN(CC2(COc3nc(N4CC5CCC(C4)N5)c4cnc(-c5cc(F)c(F)c6sc(N)c(C#N)c56)c(F)c4n3)CC2)C1. The fraction of sp³-hybridized carbons (Fsp3) is 0.515. The van der Waals surface area contributed by atoms with Crippen LogP contribution in [0.15, 0.2) is 12.3 Å². The molecule has 3 N–H and O–H groups in total. The van der Waals surface area contributed by atoms with Crippen molar-refractivity contribution in [2.24, 2.45) is 5.41 Å². The predicted octanol–water partition coefficient (Wildman–Crippen LogP) is 4.94. The summed E-state index contributed by atoms with van der Waals surface area (Å²) in [7, 11) is 0. The highest BCUT2D eigenvalue weighted by molar-refractivity contribution is 7.23. The van der Waals surface area contributed by atoms with E-state index in [-0.39, 0.29) is 80.7 Å². The van der Waals surface area contributed by atoms with Gasteiger partial charge in [-0.05, 0) is 38.7 Å². The minimum Gasteiger partial charge on any atom is -0.463 e. The fourth-order valence-corrected chi connectivity index (χ4v) is 8.41. The molecule has 1 aromatic carbocycles. The summed E-state index contributed by atoms with van der Waals surface area (Å²) in [5, 5.41) is 13.7. The number of nitrogens with one attached hydrogen (secondary N) is 1. The number of rotatable bonds is 7. The zero-order valence-corrected chi connectivity index (χ0v) is 27.1. The first-order valence-corrected chi connectivity index (χ1v) is 16.9. The first-order chi connectivity index (χ1) is 23.0. The van der Waals surface area contributed by atoms with Gasteiger partial charge in [0, 0.05) is 67.4 Å². The highest BCUT2D eigenvalue weighted by atomic mass is 32.1. The third-order valence-corrected chi connectivity index (χ3v) is 11.0. The van der Waals surface area contributed by atoms with E-state index in [0.29, 0.717) is 44.0 Å². The second kappa shape index (κ2) is 11.6. The minimum absolute atomic E-state index is 0.00644. The van der Waals surface area contributed by atoms with E-state index < -0.39 is 23.1 Å². The van der Waals surface area contributed by atoms with Crippen molar-refractivity contribution in [3.63, 3.8) is 0 Å². The van der Waals surface area contributed by atoms with Gasteiger partial charge in [0.15, 0.2) is 17.5 Å². The number of nitrogen functional groups attached to an aromatic ring is 1. The molecule has 3 unspecified atom stereocenters. The zero-order valence-electron chi connectivity index (χ0n) is 26.3. The van der Waals surface area contributed by atoms with Gasteiger partial charge < -0.3 is 25.4 Å². The normalized spacial score (nSPS) is 25.4. The number of hydrogen-bond acceptors (Lipinski definition) is 11. The van der Waals surface area contributed by atoms with Crippen molar-refractivity contribution in [2.45, 2.75) is 50.4 Å². The Kier molecular flexibility index (Phi) is 7.63. The van der Waals surface area contributed by atoms with Gasteiger partial charge in [-0.2, -0.15) is 15.2 Å². The lowest BCUT2D eigenvalue weighted by Gasteiger charge is -2.34. The summed E-state index contributed by atoms with van der Waals surface area (Å²) in [4.78, 5) is 17.8. The van der Waals surface area contributed by atoms with E-state index in [4.69, 9.17) is 20.2 Å². The average molecular weight is 683 g/mol. The van der Waals surface area contributed by atoms with Gasteiger partial charge in [0.2, 0.25) is 0 Å². The molecule has 6 heterocycles. The van der Waals surface area contributed by atoms with Crippen LogP contribution in [0.5, 0.6) is 6.01 Å². The van der Waals surface area contributed by atoms with Gasteiger partial charge in [0.05, 0.1) is 35.5 Å². The number of nitriles is 1. The lowest BCUT2D eigenvalue weighted by atomic mass is 10.0. The summed E-state index contributed by atoms with van der Waals surface area (Å²) < 4.78 is 72.8. The zero-order chi connectivity index (χ0) is 33.4. The summed E-state index contributed by atoms with van der Waals surface area (Å²) in [5.74, 6) is -2.79. The number of benzene rings is 1. The summed E-state index contributed by atoms with van der Waals surface area (Å²) in [6, 6.07) is 3.27. The number of pyridine rings is 1. The molecule has 4 aromatic rings. The first kappa shape index (κ1) is 31.4. The van der Waals surface area contributed by atoms with Crippen LogP contribution in [0.4, 0.5) is 28.4 Å². The van der Waals surface area contributed by atoms with Crippen LogP contribution in [0.3, 0.4) is 0 Å². The Bertz CT molecular complexity index is 1970. The van der Waals surface area contributed by atoms with Crippen LogP contribution in [0.1, 0.15) is 38.2 Å². The third-order valence-electron chi connectivity index (χ3n) is 9.94. The van der Waals surface area contributed by atoms with E-state index >= 15 is 4.39 Å². The van der Waals surface area contributed by atoms with E-state index in [0.717, 1.165) is 43.1 Å². The molecule has 8 rings (SSSR count). The number of nitrogens with two attached hydrogens (primary N) is 1. The van der Waals surface area contributed by atoms with E-state index in [1.54, 1.807) is 6.92 Å². The molecule has 10 nitrogen and oxygen atoms in total. The summed E-state index contributed by atoms with van der Waals surface area (Å²) in [5.41, 5.74) is 3.74. The van der Waals surface area contributed by atoms with Crippen LogP contribution in [0.2, 0.25) is 0 Å². The smallest absolute Gasteiger partial charge is 0.319 e. The summed E-state index contributed by atoms with van der Waals surface area (Å²) >= 11 is 0.721. The molecule has 0 amide bonds. The van der Waals surface area contributed by atoms with Crippen LogP contribution in [0, 0.1) is 34.2 Å². The lowest BCUT2D eigenvalue weighted by molar-refractivity contribution is 0.0441. The highest BCUT2D eigenvalue weighted by Crippen LogP contribution is 2.47. The van der Waals surface area contributed by atoms with E-state index in [1.165, 1.54) is 6.20 Å². The second-order valence-corrected chi connectivity index (χ2v) is 15.0. The molecule has 15 heteroatoms. The number of aromatic nitrogens is 3. The van der Waals surface area contributed by atoms with Crippen LogP contribution < -0.4 is 20.7 Å². The Morgan fingerprint density at radius 3 is 2.69 bits per heavy atom. The molecular weight excluding hydrogens is 648 g/mol. The van der Waals surface area contributed by atoms with Crippen molar-refractivity contribution in [1.82, 2.24) is 25.2 Å². The molecule has 3 aromatic heterocycles. The van der Waals surface area contributed by atoms with Gasteiger partial charge in [-0.15, -0.1) is 11.3 Å². The molecular formula is C33H34F4N8O2S. The quantitative estimate of drug-likeness (QED) is 0.259. The Hall–Kier alpha value is -3.84. The molecule has 3 aliphatic heterocycles. The van der Waals surface area contributed by atoms with Gasteiger partial charge in [-0.3, -0.25) is 9.88 Å². The monoisotopic (exact) mass is 682 g/mol. The highest BCUT2D eigenvalue weighted by Gasteiger charge is 2.46. The van der Waals surface area contributed by atoms with Gasteiger partial charge in [0.1, 0.15) is 33.8 Å². The molecule has 3 saturated heterocycles. The van der Waals surface area contributed by atoms with Crippen LogP contribution >= 0.6 is 11.3 Å². The van der Waals surface area contributed by atoms with Crippen molar-refractivity contribution in [3.8, 4) is 23.3 Å². The number of piperazine rings is 1. The van der Waals surface area contributed by atoms with Crippen molar-refractivity contribution >= 4 is 43.1 Å². The van der Waals surface area contributed by atoms with Crippen LogP contribution in [-0.2, 0) is 4.74 Å². The molecule has 48 heavy (non-hydrogen) atoms. The van der Waals surface area contributed by atoms with E-state index in [9.17, 15) is 18.4 Å². The Balaban J connectivity index is 1.19. The Morgan fingerprint density at radius 2 is 1.96 bits per heavy atom. The summed E-state index contributed by atoms with van der Waals surface area (Å²) in [6.45, 7) is 5.12. The van der Waals surface area contributed by atoms with Crippen LogP contribution in [0.25, 0.3) is 32.2 Å². The maximum absolute atomic E-state index is 16.7. The number of hydrogen-bond donors (Lipinski definition) is 2. The fourth-order valence-electron chi connectivity index (χ4n) is 7.44. The first-order valence-electron chi connectivity index (χ1n) is 16.1. The van der Waals surface area contributed by atoms with Crippen molar-refractivity contribution < 1.29 is 27.0 Å². The lowest BCUT2D eigenvalue weighted by Crippen LogP contribution is -2.51. The molecule has 0 radical (unpaired) electrons. The second-order valence-electron chi connectivity index (χ2n) is 13.9. The molecule has 1 aliphatic carbocycles. The molecule has 252 valence electrons. The van der Waals surface area contributed by atoms with E-state index in [2.05, 4.69) is 25.1 Å². The van der Waals surface area contributed by atoms with Crippen molar-refractivity contribution in [3.05, 3.63) is 35.3 Å². The van der Waals surface area contributed by atoms with Gasteiger partial charge in [-0.25, -0.2) is 17.6 Å². The standard InChI is InChI=1S/C33H34F4N8O2S/c1-32(37)13-44(6-7-46-15-32)14-33(4-5-33)16-47-31-42-27-21(30(43-31)45-11-17-2-3-18(12-45)41-17)10-40-26(25(27)36)19-8-22(34)24(35)28-23(19)20(9-38)29(39)48-28/h8,10,17-18,41H,2-7,11-16,39H2,1H3. The number of thiophene rings is 1. The number of alkyl halides is 1. The largest absolute Gasteiger partial charge is 0.463 e. The average Bonchev–Trinajstić information content (AvgIpc) is 3.67. The number of anilines is 2. The molecule has 1 saturated carbocycles. The molecule has 3 atom stereocenters. The van der Waals surface area contributed by atoms with Gasteiger partial charge >= 0.3 is 6.01 Å².